The van der Waals surface area contributed by atoms with Crippen molar-refractivity contribution in [3.05, 3.63) is 139 Å². The quantitative estimate of drug-likeness (QED) is 0.166. The van der Waals surface area contributed by atoms with Gasteiger partial charge in [-0.3, -0.25) is 0 Å². The highest BCUT2D eigenvalue weighted by Crippen LogP contribution is 2.37. The summed E-state index contributed by atoms with van der Waals surface area (Å²) in [5.74, 6) is 13.3. The Morgan fingerprint density at radius 3 is 1.18 bits per heavy atom. The normalized spacial score (nSPS) is 11.4. The first-order chi connectivity index (χ1) is 21.5. The van der Waals surface area contributed by atoms with E-state index in [4.69, 9.17) is 0 Å². The van der Waals surface area contributed by atoms with Gasteiger partial charge >= 0.3 is 0 Å². The molecule has 0 amide bonds. The van der Waals surface area contributed by atoms with Crippen LogP contribution in [0.5, 0.6) is 0 Å². The van der Waals surface area contributed by atoms with Crippen LogP contribution in [-0.4, -0.2) is 0 Å². The topological polar surface area (TPSA) is 0 Å². The van der Waals surface area contributed by atoms with E-state index in [1.54, 1.807) is 22.7 Å². The number of hydrogen-bond acceptors (Lipinski definition) is 4. The van der Waals surface area contributed by atoms with E-state index in [0.29, 0.717) is 0 Å². The van der Waals surface area contributed by atoms with Crippen LogP contribution in [0.2, 0.25) is 0 Å². The second-order valence-corrected chi connectivity index (χ2v) is 15.3. The summed E-state index contributed by atoms with van der Waals surface area (Å²) in [7, 11) is 0. The Labute approximate surface area is 272 Å². The predicted octanol–water partition coefficient (Wildman–Crippen LogP) is 12.1. The van der Waals surface area contributed by atoms with Crippen LogP contribution < -0.4 is 0 Å². The van der Waals surface area contributed by atoms with Gasteiger partial charge in [0.05, 0.1) is 9.75 Å². The molecule has 4 aromatic heterocycles. The van der Waals surface area contributed by atoms with Crippen molar-refractivity contribution in [1.82, 2.24) is 0 Å². The Hall–Kier alpha value is -4.42. The zero-order valence-electron chi connectivity index (χ0n) is 24.0. The number of hydrogen-bond donors (Lipinski definition) is 0. The van der Waals surface area contributed by atoms with Gasteiger partial charge in [0.25, 0.3) is 0 Å². The summed E-state index contributed by atoms with van der Waals surface area (Å²) < 4.78 is 5.19. The van der Waals surface area contributed by atoms with E-state index in [-0.39, 0.29) is 0 Å². The molecule has 0 saturated carbocycles. The van der Waals surface area contributed by atoms with E-state index >= 15 is 0 Å². The van der Waals surface area contributed by atoms with Crippen molar-refractivity contribution in [2.75, 3.05) is 0 Å². The van der Waals surface area contributed by atoms with Gasteiger partial charge < -0.3 is 0 Å². The standard InChI is InChI=1S/C40H24S4/c1-25-3-7-27(8-4-25)11-13-33-17-29-21-39-31(23-37(29)41-33)19-35(43-39)15-16-36-20-32-24-38-30(22-40(32)44-36)18-34(42-38)14-12-28-9-5-26(2)6-10-28/h3-10,15-24H,1-2H3. The molecule has 0 aliphatic rings. The van der Waals surface area contributed by atoms with Gasteiger partial charge in [-0.25, -0.2) is 0 Å². The molecule has 0 aliphatic heterocycles. The maximum absolute atomic E-state index is 3.36. The first kappa shape index (κ1) is 27.2. The monoisotopic (exact) mass is 632 g/mol. The fraction of sp³-hybridized carbons (Fsp3) is 0.0500. The molecule has 0 nitrogen and oxygen atoms in total. The largest absolute Gasteiger partial charge is 0.136 e. The maximum atomic E-state index is 3.36. The summed E-state index contributed by atoms with van der Waals surface area (Å²) in [6.45, 7) is 4.20. The van der Waals surface area contributed by atoms with Crippen molar-refractivity contribution >= 4 is 97.8 Å². The fourth-order valence-corrected chi connectivity index (χ4v) is 9.07. The third-order valence-corrected chi connectivity index (χ3v) is 11.7. The van der Waals surface area contributed by atoms with Crippen LogP contribution in [0, 0.1) is 37.5 Å². The summed E-state index contributed by atoms with van der Waals surface area (Å²) in [5.41, 5.74) is 4.62. The van der Waals surface area contributed by atoms with Crippen molar-refractivity contribution < 1.29 is 0 Å². The van der Waals surface area contributed by atoms with Crippen LogP contribution in [0.25, 0.3) is 52.5 Å². The van der Waals surface area contributed by atoms with Gasteiger partial charge in [0.15, 0.2) is 0 Å². The highest BCUT2D eigenvalue weighted by atomic mass is 32.1. The molecule has 0 aliphatic carbocycles. The Balaban J connectivity index is 1.01. The van der Waals surface area contributed by atoms with Crippen LogP contribution in [-0.2, 0) is 0 Å². The van der Waals surface area contributed by atoms with E-state index in [1.165, 1.54) is 61.2 Å². The van der Waals surface area contributed by atoms with E-state index < -0.39 is 0 Å². The van der Waals surface area contributed by atoms with Gasteiger partial charge in [0.1, 0.15) is 0 Å². The zero-order valence-corrected chi connectivity index (χ0v) is 27.3. The second-order valence-electron chi connectivity index (χ2n) is 10.9. The van der Waals surface area contributed by atoms with Crippen molar-refractivity contribution in [1.29, 1.82) is 0 Å². The highest BCUT2D eigenvalue weighted by molar-refractivity contribution is 7.22. The van der Waals surface area contributed by atoms with Crippen LogP contribution in [0.1, 0.15) is 41.8 Å². The first-order valence-corrected chi connectivity index (χ1v) is 17.6. The lowest BCUT2D eigenvalue weighted by Gasteiger charge is -1.90. The van der Waals surface area contributed by atoms with Gasteiger partial charge in [0, 0.05) is 39.7 Å². The molecule has 8 aromatic rings. The molecule has 0 N–H and O–H groups in total. The summed E-state index contributed by atoms with van der Waals surface area (Å²) in [4.78, 5) is 4.75. The third-order valence-electron chi connectivity index (χ3n) is 7.52. The molecule has 0 fully saturated rings. The molecule has 0 bridgehead atoms. The molecular weight excluding hydrogens is 609 g/mol. The van der Waals surface area contributed by atoms with E-state index in [0.717, 1.165) is 20.9 Å². The van der Waals surface area contributed by atoms with E-state index in [2.05, 4.69) is 147 Å². The lowest BCUT2D eigenvalue weighted by atomic mass is 10.1. The van der Waals surface area contributed by atoms with Crippen LogP contribution in [0.4, 0.5) is 0 Å². The van der Waals surface area contributed by atoms with Crippen molar-refractivity contribution in [2.45, 2.75) is 13.8 Å². The molecule has 0 unspecified atom stereocenters. The van der Waals surface area contributed by atoms with Gasteiger partial charge in [-0.1, -0.05) is 59.1 Å². The van der Waals surface area contributed by atoms with Crippen LogP contribution >= 0.6 is 45.3 Å². The molecule has 4 heterocycles. The van der Waals surface area contributed by atoms with Gasteiger partial charge in [-0.2, -0.15) is 0 Å². The number of benzene rings is 4. The SMILES string of the molecule is Cc1ccc(C#Cc2cc3cc4sc(C=Cc5cc6cc7sc(C#Cc8ccc(C)cc8)cc7cc6s5)cc4cc3s2)cc1. The summed E-state index contributed by atoms with van der Waals surface area (Å²) in [6, 6.07) is 35.1. The van der Waals surface area contributed by atoms with E-state index in [1.807, 2.05) is 22.7 Å². The Bertz CT molecular complexity index is 2220. The molecular formula is C40H24S4. The average Bonchev–Trinajstić information content (AvgIpc) is 3.80. The number of rotatable bonds is 2. The molecule has 0 atom stereocenters. The average molecular weight is 633 g/mol. The van der Waals surface area contributed by atoms with Gasteiger partial charge in [0.2, 0.25) is 0 Å². The molecule has 0 spiro atoms. The fourth-order valence-electron chi connectivity index (χ4n) is 5.18. The van der Waals surface area contributed by atoms with E-state index in [9.17, 15) is 0 Å². The van der Waals surface area contributed by atoms with Crippen LogP contribution in [0.3, 0.4) is 0 Å². The van der Waals surface area contributed by atoms with Gasteiger partial charge in [-0.05, 0) is 120 Å². The zero-order chi connectivity index (χ0) is 29.6. The molecule has 0 saturated heterocycles. The molecule has 8 rings (SSSR count). The number of fused-ring (bicyclic) bond motifs is 4. The molecule has 44 heavy (non-hydrogen) atoms. The summed E-state index contributed by atoms with van der Waals surface area (Å²) in [6.07, 6.45) is 4.51. The number of aryl methyl sites for hydroxylation is 2. The number of thiophene rings is 4. The minimum Gasteiger partial charge on any atom is -0.136 e. The first-order valence-electron chi connectivity index (χ1n) is 14.3. The van der Waals surface area contributed by atoms with Gasteiger partial charge in [-0.15, -0.1) is 45.3 Å². The van der Waals surface area contributed by atoms with Crippen molar-refractivity contribution in [3.8, 4) is 23.7 Å². The predicted molar refractivity (Wildman–Crippen MR) is 198 cm³/mol. The Morgan fingerprint density at radius 2 is 0.773 bits per heavy atom. The maximum Gasteiger partial charge on any atom is 0.0784 e. The minimum absolute atomic E-state index is 1.05. The second kappa shape index (κ2) is 11.3. The third kappa shape index (κ3) is 5.62. The molecule has 4 aromatic carbocycles. The van der Waals surface area contributed by atoms with Crippen molar-refractivity contribution in [2.24, 2.45) is 0 Å². The van der Waals surface area contributed by atoms with Crippen molar-refractivity contribution in [3.63, 3.8) is 0 Å². The molecule has 208 valence electrons. The minimum atomic E-state index is 1.05. The Kier molecular flexibility index (Phi) is 6.94. The summed E-state index contributed by atoms with van der Waals surface area (Å²) >= 11 is 7.22. The molecule has 4 heteroatoms. The smallest absolute Gasteiger partial charge is 0.0784 e. The molecule has 0 radical (unpaired) electrons. The lowest BCUT2D eigenvalue weighted by Crippen LogP contribution is -1.74. The summed E-state index contributed by atoms with van der Waals surface area (Å²) in [5, 5.41) is 5.11. The van der Waals surface area contributed by atoms with Crippen LogP contribution in [0.15, 0.2) is 97.1 Å². The highest BCUT2D eigenvalue weighted by Gasteiger charge is 2.08. The Morgan fingerprint density at radius 1 is 0.409 bits per heavy atom. The lowest BCUT2D eigenvalue weighted by molar-refractivity contribution is 1.46.